The zero-order chi connectivity index (χ0) is 22.8. The first-order valence-electron chi connectivity index (χ1n) is 9.72. The summed E-state index contributed by atoms with van der Waals surface area (Å²) in [6.07, 6.45) is 0. The predicted molar refractivity (Wildman–Crippen MR) is 119 cm³/mol. The van der Waals surface area contributed by atoms with Crippen LogP contribution in [0, 0.1) is 11.7 Å². The van der Waals surface area contributed by atoms with E-state index in [1.54, 1.807) is 42.1 Å². The molecule has 1 aliphatic rings. The summed E-state index contributed by atoms with van der Waals surface area (Å²) in [7, 11) is 3.08. The normalized spacial score (nSPS) is 17.4. The van der Waals surface area contributed by atoms with E-state index in [1.807, 2.05) is 6.07 Å². The van der Waals surface area contributed by atoms with Gasteiger partial charge in [0.15, 0.2) is 11.5 Å². The molecule has 0 spiro atoms. The summed E-state index contributed by atoms with van der Waals surface area (Å²) in [4.78, 5) is 16.9. The van der Waals surface area contributed by atoms with Gasteiger partial charge in [0, 0.05) is 11.4 Å². The summed E-state index contributed by atoms with van der Waals surface area (Å²) < 4.78 is 26.3. The van der Waals surface area contributed by atoms with Gasteiger partial charge in [-0.05, 0) is 29.3 Å². The monoisotopic (exact) mass is 455 g/mol. The second-order valence-corrected chi connectivity index (χ2v) is 8.07. The molecule has 2 atom stereocenters. The van der Waals surface area contributed by atoms with Gasteiger partial charge in [-0.1, -0.05) is 42.6 Å². The smallest absolute Gasteiger partial charge is 0.229 e. The highest BCUT2D eigenvalue weighted by Gasteiger charge is 2.39. The summed E-state index contributed by atoms with van der Waals surface area (Å²) in [6.45, 7) is 3.98. The van der Waals surface area contributed by atoms with Crippen LogP contribution in [-0.2, 0) is 10.5 Å². The molecule has 1 aliphatic heterocycles. The number of carbonyl (C=O) groups is 1. The zero-order valence-corrected chi connectivity index (χ0v) is 18.4. The van der Waals surface area contributed by atoms with Crippen molar-refractivity contribution in [1.29, 1.82) is 0 Å². The highest BCUT2D eigenvalue weighted by atomic mass is 32.2. The number of methoxy groups -OCH3 is 2. The lowest BCUT2D eigenvalue weighted by molar-refractivity contribution is -0.121. The van der Waals surface area contributed by atoms with E-state index in [0.29, 0.717) is 39.6 Å². The van der Waals surface area contributed by atoms with Crippen LogP contribution < -0.4 is 20.5 Å². The molecule has 1 aromatic heterocycles. The van der Waals surface area contributed by atoms with Crippen LogP contribution in [-0.4, -0.2) is 34.9 Å². The number of primary amides is 1. The Morgan fingerprint density at radius 1 is 1.25 bits per heavy atom. The van der Waals surface area contributed by atoms with E-state index in [2.05, 4.69) is 22.0 Å². The molecule has 0 aliphatic carbocycles. The van der Waals surface area contributed by atoms with E-state index in [4.69, 9.17) is 15.2 Å². The van der Waals surface area contributed by atoms with Crippen LogP contribution in [0.1, 0.15) is 17.2 Å². The quantitative estimate of drug-likeness (QED) is 0.527. The van der Waals surface area contributed by atoms with E-state index >= 15 is 0 Å². The lowest BCUT2D eigenvalue weighted by Crippen LogP contribution is -2.40. The number of halogens is 1. The van der Waals surface area contributed by atoms with E-state index in [-0.39, 0.29) is 5.82 Å². The van der Waals surface area contributed by atoms with Gasteiger partial charge in [0.25, 0.3) is 0 Å². The second-order valence-electron chi connectivity index (χ2n) is 7.13. The Morgan fingerprint density at radius 2 is 2.00 bits per heavy atom. The first kappa shape index (κ1) is 21.7. The predicted octanol–water partition coefficient (Wildman–Crippen LogP) is 3.36. The fourth-order valence-corrected chi connectivity index (χ4v) is 4.47. The maximum atomic E-state index is 14.0. The molecule has 10 heteroatoms. The van der Waals surface area contributed by atoms with Gasteiger partial charge < -0.3 is 20.5 Å². The Hall–Kier alpha value is -3.53. The zero-order valence-electron chi connectivity index (χ0n) is 17.5. The van der Waals surface area contributed by atoms with Crippen LogP contribution in [0.25, 0.3) is 0 Å². The molecule has 1 amide bonds. The number of carbonyl (C=O) groups excluding carboxylic acids is 1. The fourth-order valence-electron chi connectivity index (χ4n) is 3.65. The molecule has 3 aromatic rings. The molecule has 0 bridgehead atoms. The maximum absolute atomic E-state index is 14.0. The molecular formula is C22H22FN5O3S. The molecule has 0 fully saturated rings. The number of hydrogen-bond acceptors (Lipinski definition) is 7. The van der Waals surface area contributed by atoms with Gasteiger partial charge in [-0.15, -0.1) is 5.10 Å². The molecule has 32 heavy (non-hydrogen) atoms. The van der Waals surface area contributed by atoms with Crippen molar-refractivity contribution in [3.8, 4) is 11.5 Å². The molecule has 4 rings (SSSR count). The van der Waals surface area contributed by atoms with Gasteiger partial charge in [-0.3, -0.25) is 4.79 Å². The summed E-state index contributed by atoms with van der Waals surface area (Å²) in [5.74, 6) is 0.233. The van der Waals surface area contributed by atoms with Gasteiger partial charge >= 0.3 is 0 Å². The van der Waals surface area contributed by atoms with Crippen molar-refractivity contribution in [2.75, 3.05) is 19.5 Å². The van der Waals surface area contributed by atoms with Gasteiger partial charge in [-0.2, -0.15) is 4.98 Å². The van der Waals surface area contributed by atoms with Crippen LogP contribution in [0.3, 0.4) is 0 Å². The largest absolute Gasteiger partial charge is 0.493 e. The first-order valence-corrected chi connectivity index (χ1v) is 10.7. The summed E-state index contributed by atoms with van der Waals surface area (Å²) >= 11 is 1.29. The number of nitrogens with zero attached hydrogens (tertiary/aromatic N) is 3. The van der Waals surface area contributed by atoms with Crippen molar-refractivity contribution in [2.24, 2.45) is 11.7 Å². The van der Waals surface area contributed by atoms with E-state index in [1.165, 1.54) is 24.9 Å². The van der Waals surface area contributed by atoms with Crippen molar-refractivity contribution in [3.05, 3.63) is 71.7 Å². The van der Waals surface area contributed by atoms with Gasteiger partial charge in [0.2, 0.25) is 17.0 Å². The van der Waals surface area contributed by atoms with Crippen molar-refractivity contribution >= 4 is 23.6 Å². The SMILES string of the molecule is C=C1Nc2nc(SCc3ccccc3F)nn2[C@H](c2ccc(OC)c(OC)c2)[C@@H]1C(N)=O. The number of benzene rings is 2. The van der Waals surface area contributed by atoms with Crippen LogP contribution >= 0.6 is 11.8 Å². The average Bonchev–Trinajstić information content (AvgIpc) is 3.19. The highest BCUT2D eigenvalue weighted by Crippen LogP contribution is 2.41. The van der Waals surface area contributed by atoms with Gasteiger partial charge in [0.1, 0.15) is 11.7 Å². The minimum Gasteiger partial charge on any atom is -0.493 e. The molecule has 0 unspecified atom stereocenters. The third-order valence-corrected chi connectivity index (χ3v) is 6.10. The number of amides is 1. The molecule has 0 saturated carbocycles. The van der Waals surface area contributed by atoms with E-state index < -0.39 is 17.9 Å². The first-order chi connectivity index (χ1) is 15.4. The number of thioether (sulfide) groups is 1. The Kier molecular flexibility index (Phi) is 6.04. The van der Waals surface area contributed by atoms with Crippen LogP contribution in [0.4, 0.5) is 10.3 Å². The van der Waals surface area contributed by atoms with E-state index in [0.717, 1.165) is 5.56 Å². The number of ether oxygens (including phenoxy) is 2. The molecule has 0 saturated heterocycles. The summed E-state index contributed by atoms with van der Waals surface area (Å²) in [6, 6.07) is 11.3. The lowest BCUT2D eigenvalue weighted by atomic mass is 9.88. The van der Waals surface area contributed by atoms with Crippen LogP contribution in [0.15, 0.2) is 59.9 Å². The second kappa shape index (κ2) is 8.91. The number of nitrogens with two attached hydrogens (primary N) is 1. The third kappa shape index (κ3) is 4.01. The van der Waals surface area contributed by atoms with Gasteiger partial charge in [-0.25, -0.2) is 9.07 Å². The van der Waals surface area contributed by atoms with Crippen LogP contribution in [0.5, 0.6) is 11.5 Å². The number of aromatic nitrogens is 3. The lowest BCUT2D eigenvalue weighted by Gasteiger charge is -2.32. The Bertz CT molecular complexity index is 1180. The molecule has 166 valence electrons. The van der Waals surface area contributed by atoms with E-state index in [9.17, 15) is 9.18 Å². The fraction of sp³-hybridized carbons (Fsp3) is 0.227. The molecule has 3 N–H and O–H groups in total. The van der Waals surface area contributed by atoms with Crippen LogP contribution in [0.2, 0.25) is 0 Å². The molecule has 2 heterocycles. The Morgan fingerprint density at radius 3 is 2.69 bits per heavy atom. The standard InChI is InChI=1S/C22H22FN5O3S/c1-12-18(20(24)29)19(13-8-9-16(30-2)17(10-13)31-3)28-21(25-12)26-22(27-28)32-11-14-6-4-5-7-15(14)23/h4-10,18-19H,1,11H2,2-3H3,(H2,24,29)(H,25,26,27)/t18-,19-/m1/s1. The topological polar surface area (TPSA) is 104 Å². The molecule has 8 nitrogen and oxygen atoms in total. The maximum Gasteiger partial charge on any atom is 0.229 e. The van der Waals surface area contributed by atoms with Crippen molar-refractivity contribution in [3.63, 3.8) is 0 Å². The Labute approximate surface area is 188 Å². The van der Waals surface area contributed by atoms with Crippen molar-refractivity contribution < 1.29 is 18.7 Å². The number of nitrogens with one attached hydrogen (secondary N) is 1. The van der Waals surface area contributed by atoms with Crippen molar-refractivity contribution in [2.45, 2.75) is 17.0 Å². The number of hydrogen-bond donors (Lipinski definition) is 2. The van der Waals surface area contributed by atoms with Crippen molar-refractivity contribution in [1.82, 2.24) is 14.8 Å². The minimum absolute atomic E-state index is 0.285. The number of fused-ring (bicyclic) bond motifs is 1. The Balaban J connectivity index is 1.72. The molecule has 2 aromatic carbocycles. The minimum atomic E-state index is -0.772. The highest BCUT2D eigenvalue weighted by molar-refractivity contribution is 7.98. The summed E-state index contributed by atoms with van der Waals surface area (Å²) in [5, 5.41) is 8.03. The average molecular weight is 456 g/mol. The summed E-state index contributed by atoms with van der Waals surface area (Å²) in [5.41, 5.74) is 7.42. The number of rotatable bonds is 7. The third-order valence-electron chi connectivity index (χ3n) is 5.21. The molecular weight excluding hydrogens is 433 g/mol. The number of anilines is 1. The molecule has 0 radical (unpaired) electrons. The van der Waals surface area contributed by atoms with Gasteiger partial charge in [0.05, 0.1) is 20.3 Å².